The Morgan fingerprint density at radius 1 is 0.938 bits per heavy atom. The summed E-state index contributed by atoms with van der Waals surface area (Å²) < 4.78 is 0. The Labute approximate surface area is 88.4 Å². The first-order valence-electron chi connectivity index (χ1n) is 4.34. The second-order valence-corrected chi connectivity index (χ2v) is 2.82. The maximum Gasteiger partial charge on any atom is 0.200 e. The van der Waals surface area contributed by atoms with Crippen molar-refractivity contribution in [2.24, 2.45) is 0 Å². The average Bonchev–Trinajstić information content (AvgIpc) is 3.03. The van der Waals surface area contributed by atoms with Crippen LogP contribution in [0.5, 0.6) is 0 Å². The van der Waals surface area contributed by atoms with Crippen LogP contribution in [0.3, 0.4) is 0 Å². The third-order valence-electron chi connectivity index (χ3n) is 1.84. The lowest BCUT2D eigenvalue weighted by atomic mass is 10.4. The van der Waals surface area contributed by atoms with E-state index in [9.17, 15) is 0 Å². The summed E-state index contributed by atoms with van der Waals surface area (Å²) in [6, 6.07) is 0. The molecule has 0 amide bonds. The predicted molar refractivity (Wildman–Crippen MR) is 50.6 cm³/mol. The minimum Gasteiger partial charge on any atom is -0.257 e. The SMILES string of the molecule is c1nc(-c2cn[nH]n2)nc(-c2ncn[nH]2)n1. The molecular weight excluding hydrogens is 210 g/mol. The van der Waals surface area contributed by atoms with E-state index < -0.39 is 0 Å². The fourth-order valence-corrected chi connectivity index (χ4v) is 1.16. The summed E-state index contributed by atoms with van der Waals surface area (Å²) in [5.41, 5.74) is 0.545. The number of hydrogen-bond acceptors (Lipinski definition) is 7. The van der Waals surface area contributed by atoms with Crippen molar-refractivity contribution < 1.29 is 0 Å². The number of nitrogens with one attached hydrogen (secondary N) is 2. The van der Waals surface area contributed by atoms with Crippen LogP contribution in [0.2, 0.25) is 0 Å². The Bertz CT molecular complexity index is 520. The molecule has 0 aliphatic heterocycles. The minimum absolute atomic E-state index is 0.408. The smallest absolute Gasteiger partial charge is 0.200 e. The number of aromatic nitrogens is 9. The van der Waals surface area contributed by atoms with Crippen molar-refractivity contribution in [1.82, 2.24) is 45.5 Å². The van der Waals surface area contributed by atoms with Gasteiger partial charge in [-0.2, -0.15) is 20.5 Å². The van der Waals surface area contributed by atoms with E-state index in [0.717, 1.165) is 0 Å². The van der Waals surface area contributed by atoms with Crippen LogP contribution in [0.4, 0.5) is 0 Å². The molecule has 0 bridgehead atoms. The van der Waals surface area contributed by atoms with E-state index in [2.05, 4.69) is 45.5 Å². The second kappa shape index (κ2) is 3.46. The molecule has 3 heterocycles. The molecule has 0 fully saturated rings. The summed E-state index contributed by atoms with van der Waals surface area (Å²) >= 11 is 0. The third kappa shape index (κ3) is 1.39. The summed E-state index contributed by atoms with van der Waals surface area (Å²) in [6.07, 6.45) is 4.29. The van der Waals surface area contributed by atoms with Crippen molar-refractivity contribution in [2.45, 2.75) is 0 Å². The zero-order valence-corrected chi connectivity index (χ0v) is 7.86. The number of rotatable bonds is 2. The summed E-state index contributed by atoms with van der Waals surface area (Å²) in [6.45, 7) is 0. The number of aromatic amines is 2. The van der Waals surface area contributed by atoms with Gasteiger partial charge in [-0.25, -0.2) is 19.9 Å². The molecule has 0 spiro atoms. The fourth-order valence-electron chi connectivity index (χ4n) is 1.16. The van der Waals surface area contributed by atoms with Crippen LogP contribution in [0.15, 0.2) is 18.9 Å². The Morgan fingerprint density at radius 3 is 2.62 bits per heavy atom. The highest BCUT2D eigenvalue weighted by Gasteiger charge is 2.09. The second-order valence-electron chi connectivity index (χ2n) is 2.82. The van der Waals surface area contributed by atoms with Gasteiger partial charge < -0.3 is 0 Å². The Hall–Kier alpha value is -2.71. The highest BCUT2D eigenvalue weighted by Crippen LogP contribution is 2.12. The fraction of sp³-hybridized carbons (Fsp3) is 0. The quantitative estimate of drug-likeness (QED) is 0.587. The monoisotopic (exact) mass is 215 g/mol. The summed E-state index contributed by atoms with van der Waals surface area (Å²) in [4.78, 5) is 16.1. The van der Waals surface area contributed by atoms with Crippen molar-refractivity contribution >= 4 is 0 Å². The zero-order valence-electron chi connectivity index (χ0n) is 7.86. The first kappa shape index (κ1) is 8.59. The van der Waals surface area contributed by atoms with Gasteiger partial charge in [0.1, 0.15) is 18.3 Å². The zero-order chi connectivity index (χ0) is 10.8. The highest BCUT2D eigenvalue weighted by atomic mass is 15.3. The molecule has 0 atom stereocenters. The average molecular weight is 215 g/mol. The molecule has 3 aromatic rings. The molecule has 0 aromatic carbocycles. The molecule has 0 radical (unpaired) electrons. The summed E-state index contributed by atoms with van der Waals surface area (Å²) in [7, 11) is 0. The van der Waals surface area contributed by atoms with Gasteiger partial charge in [-0.3, -0.25) is 5.10 Å². The van der Waals surface area contributed by atoms with E-state index in [4.69, 9.17) is 0 Å². The van der Waals surface area contributed by atoms with Gasteiger partial charge in [0.2, 0.25) is 5.82 Å². The van der Waals surface area contributed by atoms with E-state index in [1.54, 1.807) is 0 Å². The molecule has 9 nitrogen and oxygen atoms in total. The van der Waals surface area contributed by atoms with Gasteiger partial charge in [0.25, 0.3) is 0 Å². The summed E-state index contributed by atoms with van der Waals surface area (Å²) in [5.74, 6) is 1.31. The lowest BCUT2D eigenvalue weighted by Crippen LogP contribution is -1.96. The summed E-state index contributed by atoms with van der Waals surface area (Å²) in [5, 5.41) is 16.4. The van der Waals surface area contributed by atoms with Crippen LogP contribution in [-0.4, -0.2) is 45.5 Å². The number of nitrogens with zero attached hydrogens (tertiary/aromatic N) is 7. The van der Waals surface area contributed by atoms with Crippen LogP contribution in [0.1, 0.15) is 0 Å². The van der Waals surface area contributed by atoms with E-state index in [1.807, 2.05) is 0 Å². The van der Waals surface area contributed by atoms with Gasteiger partial charge in [0, 0.05) is 0 Å². The standard InChI is InChI=1S/C7H5N9/c1-4(14-16-11-1)5-8-2-9-6(13-5)7-10-3-12-15-7/h1-3H,(H,10,12,15)(H,11,14,16). The molecule has 3 rings (SSSR count). The molecule has 0 saturated carbocycles. The molecule has 0 aliphatic carbocycles. The van der Waals surface area contributed by atoms with Crippen molar-refractivity contribution in [3.63, 3.8) is 0 Å². The van der Waals surface area contributed by atoms with Crippen molar-refractivity contribution in [3.8, 4) is 23.2 Å². The van der Waals surface area contributed by atoms with Gasteiger partial charge in [-0.05, 0) is 0 Å². The normalized spacial score (nSPS) is 10.5. The van der Waals surface area contributed by atoms with Crippen molar-refractivity contribution in [1.29, 1.82) is 0 Å². The first-order valence-corrected chi connectivity index (χ1v) is 4.34. The Balaban J connectivity index is 2.07. The van der Waals surface area contributed by atoms with E-state index in [-0.39, 0.29) is 0 Å². The van der Waals surface area contributed by atoms with Gasteiger partial charge in [-0.1, -0.05) is 0 Å². The molecule has 0 aliphatic rings. The molecule has 16 heavy (non-hydrogen) atoms. The molecule has 3 aromatic heterocycles. The topological polar surface area (TPSA) is 122 Å². The van der Waals surface area contributed by atoms with E-state index >= 15 is 0 Å². The molecular formula is C7H5N9. The largest absolute Gasteiger partial charge is 0.257 e. The maximum atomic E-state index is 4.18. The molecule has 0 unspecified atom stereocenters. The van der Waals surface area contributed by atoms with Gasteiger partial charge >= 0.3 is 0 Å². The van der Waals surface area contributed by atoms with Crippen molar-refractivity contribution in [3.05, 3.63) is 18.9 Å². The lowest BCUT2D eigenvalue weighted by Gasteiger charge is -1.96. The molecule has 2 N–H and O–H groups in total. The van der Waals surface area contributed by atoms with E-state index in [0.29, 0.717) is 23.2 Å². The maximum absolute atomic E-state index is 4.18. The van der Waals surface area contributed by atoms with Crippen LogP contribution in [0.25, 0.3) is 23.2 Å². The van der Waals surface area contributed by atoms with Crippen LogP contribution >= 0.6 is 0 Å². The van der Waals surface area contributed by atoms with Gasteiger partial charge in [-0.15, -0.1) is 0 Å². The third-order valence-corrected chi connectivity index (χ3v) is 1.84. The number of H-pyrrole nitrogens is 2. The molecule has 0 saturated heterocycles. The molecule has 9 heteroatoms. The van der Waals surface area contributed by atoms with Gasteiger partial charge in [0.15, 0.2) is 11.6 Å². The first-order chi connectivity index (χ1) is 7.93. The van der Waals surface area contributed by atoms with Crippen LogP contribution in [-0.2, 0) is 0 Å². The highest BCUT2D eigenvalue weighted by molar-refractivity contribution is 5.50. The van der Waals surface area contributed by atoms with Crippen LogP contribution in [0, 0.1) is 0 Å². The van der Waals surface area contributed by atoms with Crippen molar-refractivity contribution in [2.75, 3.05) is 0 Å². The number of hydrogen-bond donors (Lipinski definition) is 2. The predicted octanol–water partition coefficient (Wildman–Crippen LogP) is -0.558. The van der Waals surface area contributed by atoms with E-state index in [1.165, 1.54) is 18.9 Å². The lowest BCUT2D eigenvalue weighted by molar-refractivity contribution is 0.935. The minimum atomic E-state index is 0.408. The Kier molecular flexibility index (Phi) is 1.85. The Morgan fingerprint density at radius 2 is 1.88 bits per heavy atom. The van der Waals surface area contributed by atoms with Gasteiger partial charge in [0.05, 0.1) is 6.20 Å². The van der Waals surface area contributed by atoms with Crippen LogP contribution < -0.4 is 0 Å². The molecule has 78 valence electrons.